The summed E-state index contributed by atoms with van der Waals surface area (Å²) in [6.07, 6.45) is 0. The van der Waals surface area contributed by atoms with Crippen molar-refractivity contribution in [3.8, 4) is 5.75 Å². The van der Waals surface area contributed by atoms with Gasteiger partial charge in [0.1, 0.15) is 0 Å². The van der Waals surface area contributed by atoms with E-state index in [0.717, 1.165) is 32.3 Å². The zero-order valence-corrected chi connectivity index (χ0v) is 13.8. The highest BCUT2D eigenvalue weighted by molar-refractivity contribution is 7.20. The first-order valence-corrected chi connectivity index (χ1v) is 8.45. The fourth-order valence-corrected chi connectivity index (χ4v) is 3.61. The van der Waals surface area contributed by atoms with Crippen molar-refractivity contribution in [2.24, 2.45) is 0 Å². The van der Waals surface area contributed by atoms with Crippen LogP contribution in [-0.2, 0) is 0 Å². The molecule has 25 heavy (non-hydrogen) atoms. The summed E-state index contributed by atoms with van der Waals surface area (Å²) in [6.45, 7) is 0. The molecular weight excluding hydrogens is 336 g/mol. The van der Waals surface area contributed by atoms with Crippen LogP contribution in [0.4, 0.5) is 5.69 Å². The van der Waals surface area contributed by atoms with Crippen molar-refractivity contribution < 1.29 is 14.8 Å². The van der Waals surface area contributed by atoms with E-state index in [4.69, 9.17) is 10.0 Å². The van der Waals surface area contributed by atoms with Gasteiger partial charge < -0.3 is 4.84 Å². The molecule has 3 aromatic carbocycles. The van der Waals surface area contributed by atoms with E-state index in [2.05, 4.69) is 5.48 Å². The van der Waals surface area contributed by atoms with Gasteiger partial charge in [0.2, 0.25) is 0 Å². The maximum Gasteiger partial charge on any atom is 0.284 e. The number of thiophene rings is 1. The summed E-state index contributed by atoms with van der Waals surface area (Å²) in [7, 11) is 0. The lowest BCUT2D eigenvalue weighted by Gasteiger charge is -2.10. The zero-order chi connectivity index (χ0) is 17.2. The van der Waals surface area contributed by atoms with E-state index in [-0.39, 0.29) is 0 Å². The van der Waals surface area contributed by atoms with Crippen molar-refractivity contribution >= 4 is 43.8 Å². The average Bonchev–Trinajstić information content (AvgIpc) is 3.09. The Hall–Kier alpha value is -3.09. The Bertz CT molecular complexity index is 1070. The molecule has 1 aromatic heterocycles. The molecule has 0 saturated carbocycles. The number of benzene rings is 3. The highest BCUT2D eigenvalue weighted by Gasteiger charge is 2.10. The van der Waals surface area contributed by atoms with E-state index in [0.29, 0.717) is 4.88 Å². The molecule has 0 aliphatic rings. The smallest absolute Gasteiger partial charge is 0.284 e. The molecule has 1 amide bonds. The van der Waals surface area contributed by atoms with E-state index in [1.165, 1.54) is 11.3 Å². The van der Waals surface area contributed by atoms with Gasteiger partial charge in [0, 0.05) is 10.1 Å². The van der Waals surface area contributed by atoms with Crippen LogP contribution in [-0.4, -0.2) is 11.1 Å². The fourth-order valence-electron chi connectivity index (χ4n) is 2.67. The highest BCUT2D eigenvalue weighted by atomic mass is 32.1. The SMILES string of the molecule is O=C(NO)c1cc2cc(NOc3cccc4ccccc34)ccc2s1. The van der Waals surface area contributed by atoms with Crippen molar-refractivity contribution in [3.63, 3.8) is 0 Å². The second kappa shape index (κ2) is 6.43. The van der Waals surface area contributed by atoms with E-state index >= 15 is 0 Å². The van der Waals surface area contributed by atoms with Crippen LogP contribution in [0.3, 0.4) is 0 Å². The molecule has 3 N–H and O–H groups in total. The Morgan fingerprint density at radius 2 is 1.80 bits per heavy atom. The molecule has 0 bridgehead atoms. The number of hydrogen-bond donors (Lipinski definition) is 3. The number of hydrogen-bond acceptors (Lipinski definition) is 5. The molecule has 0 radical (unpaired) electrons. The molecule has 4 aromatic rings. The van der Waals surface area contributed by atoms with Gasteiger partial charge in [-0.3, -0.25) is 10.0 Å². The number of anilines is 1. The number of nitrogens with one attached hydrogen (secondary N) is 2. The molecule has 0 aliphatic heterocycles. The van der Waals surface area contributed by atoms with Gasteiger partial charge in [0.25, 0.3) is 5.91 Å². The molecule has 5 nitrogen and oxygen atoms in total. The van der Waals surface area contributed by atoms with Crippen molar-refractivity contribution in [2.75, 3.05) is 5.48 Å². The lowest BCUT2D eigenvalue weighted by molar-refractivity contribution is 0.0711. The summed E-state index contributed by atoms with van der Waals surface area (Å²) in [4.78, 5) is 17.7. The normalized spacial score (nSPS) is 10.8. The second-order valence-electron chi connectivity index (χ2n) is 5.49. The van der Waals surface area contributed by atoms with E-state index in [1.807, 2.05) is 60.7 Å². The van der Waals surface area contributed by atoms with Crippen molar-refractivity contribution in [2.45, 2.75) is 0 Å². The molecule has 0 unspecified atom stereocenters. The summed E-state index contributed by atoms with van der Waals surface area (Å²) in [6, 6.07) is 21.3. The molecule has 0 aliphatic carbocycles. The molecule has 6 heteroatoms. The first kappa shape index (κ1) is 15.4. The molecule has 4 rings (SSSR count). The van der Waals surface area contributed by atoms with Crippen LogP contribution in [0.25, 0.3) is 20.9 Å². The monoisotopic (exact) mass is 350 g/mol. The third kappa shape index (κ3) is 3.00. The number of rotatable bonds is 4. The summed E-state index contributed by atoms with van der Waals surface area (Å²) in [5.41, 5.74) is 5.38. The maximum absolute atomic E-state index is 11.5. The molecule has 124 valence electrons. The molecule has 0 fully saturated rings. The van der Waals surface area contributed by atoms with Crippen LogP contribution >= 0.6 is 11.3 Å². The second-order valence-corrected chi connectivity index (χ2v) is 6.57. The minimum Gasteiger partial charge on any atom is -0.382 e. The van der Waals surface area contributed by atoms with E-state index < -0.39 is 5.91 Å². The fraction of sp³-hybridized carbons (Fsp3) is 0. The van der Waals surface area contributed by atoms with Gasteiger partial charge in [0.05, 0.1) is 10.6 Å². The van der Waals surface area contributed by atoms with Crippen LogP contribution in [0.15, 0.2) is 66.7 Å². The summed E-state index contributed by atoms with van der Waals surface area (Å²) >= 11 is 1.31. The predicted molar refractivity (Wildman–Crippen MR) is 99.3 cm³/mol. The van der Waals surface area contributed by atoms with Crippen molar-refractivity contribution in [3.05, 3.63) is 71.6 Å². The Balaban J connectivity index is 1.59. The van der Waals surface area contributed by atoms with Crippen LogP contribution in [0.5, 0.6) is 5.75 Å². The minimum absolute atomic E-state index is 0.449. The van der Waals surface area contributed by atoms with E-state index in [9.17, 15) is 4.79 Å². The Morgan fingerprint density at radius 1 is 0.960 bits per heavy atom. The van der Waals surface area contributed by atoms with Crippen LogP contribution in [0, 0.1) is 0 Å². The lowest BCUT2D eigenvalue weighted by Crippen LogP contribution is -2.16. The number of amides is 1. The zero-order valence-electron chi connectivity index (χ0n) is 13.0. The van der Waals surface area contributed by atoms with E-state index in [1.54, 1.807) is 11.5 Å². The first-order valence-electron chi connectivity index (χ1n) is 7.63. The maximum atomic E-state index is 11.5. The number of hydroxylamine groups is 1. The Kier molecular flexibility index (Phi) is 3.97. The molecule has 0 saturated heterocycles. The third-order valence-electron chi connectivity index (χ3n) is 3.87. The standard InChI is InChI=1S/C19H14N2O3S/c22-19(20-23)18-11-13-10-14(8-9-17(13)25-18)21-24-16-7-3-5-12-4-1-2-6-15(12)16/h1-11,21,23H,(H,20,22). The first-order chi connectivity index (χ1) is 12.2. The highest BCUT2D eigenvalue weighted by Crippen LogP contribution is 2.29. The number of fused-ring (bicyclic) bond motifs is 2. The molecule has 1 heterocycles. The van der Waals surface area contributed by atoms with Crippen molar-refractivity contribution in [1.82, 2.24) is 5.48 Å². The molecular formula is C19H14N2O3S. The third-order valence-corrected chi connectivity index (χ3v) is 4.98. The molecule has 0 atom stereocenters. The van der Waals surface area contributed by atoms with Gasteiger partial charge in [-0.25, -0.2) is 11.0 Å². The number of carbonyl (C=O) groups is 1. The summed E-state index contributed by atoms with van der Waals surface area (Å²) in [5.74, 6) is 0.228. The van der Waals surface area contributed by atoms with Gasteiger partial charge in [0.15, 0.2) is 5.75 Å². The lowest BCUT2D eigenvalue weighted by atomic mass is 10.1. The van der Waals surface area contributed by atoms with Gasteiger partial charge in [-0.05, 0) is 41.1 Å². The van der Waals surface area contributed by atoms with Crippen LogP contribution in [0.2, 0.25) is 0 Å². The van der Waals surface area contributed by atoms with Crippen LogP contribution in [0.1, 0.15) is 9.67 Å². The molecule has 0 spiro atoms. The predicted octanol–water partition coefficient (Wildman–Crippen LogP) is 4.58. The topological polar surface area (TPSA) is 70.6 Å². The van der Waals surface area contributed by atoms with Gasteiger partial charge in [-0.2, -0.15) is 0 Å². The Labute approximate surface area is 147 Å². The number of carbonyl (C=O) groups excluding carboxylic acids is 1. The summed E-state index contributed by atoms with van der Waals surface area (Å²) in [5, 5.41) is 11.8. The van der Waals surface area contributed by atoms with Gasteiger partial charge in [-0.15, -0.1) is 11.3 Å². The average molecular weight is 350 g/mol. The summed E-state index contributed by atoms with van der Waals surface area (Å²) < 4.78 is 0.953. The largest absolute Gasteiger partial charge is 0.382 e. The van der Waals surface area contributed by atoms with Crippen molar-refractivity contribution in [1.29, 1.82) is 0 Å². The van der Waals surface area contributed by atoms with Gasteiger partial charge in [-0.1, -0.05) is 36.4 Å². The minimum atomic E-state index is -0.511. The van der Waals surface area contributed by atoms with Gasteiger partial charge >= 0.3 is 0 Å². The van der Waals surface area contributed by atoms with Crippen LogP contribution < -0.4 is 15.8 Å². The Morgan fingerprint density at radius 3 is 2.68 bits per heavy atom. The quantitative estimate of drug-likeness (QED) is 0.372.